The topological polar surface area (TPSA) is 61.9 Å². The normalized spacial score (nSPS) is 19.8. The Morgan fingerprint density at radius 2 is 1.97 bits per heavy atom. The molecule has 2 aliphatic heterocycles. The smallest absolute Gasteiger partial charge is 0.294 e. The quantitative estimate of drug-likeness (QED) is 0.647. The van der Waals surface area contributed by atoms with Gasteiger partial charge in [0, 0.05) is 24.7 Å². The number of hydrogen-bond acceptors (Lipinski definition) is 4. The van der Waals surface area contributed by atoms with Crippen molar-refractivity contribution in [2.75, 3.05) is 31.1 Å². The number of rotatable bonds is 7. The van der Waals surface area contributed by atoms with Crippen LogP contribution in [0.4, 0.5) is 10.1 Å². The summed E-state index contributed by atoms with van der Waals surface area (Å²) in [6.07, 6.45) is 6.16. The number of carbonyl (C=O) groups is 2. The van der Waals surface area contributed by atoms with Crippen molar-refractivity contribution in [3.8, 4) is 5.75 Å². The first-order chi connectivity index (χ1) is 16.1. The van der Waals surface area contributed by atoms with Gasteiger partial charge >= 0.3 is 0 Å². The van der Waals surface area contributed by atoms with E-state index in [-0.39, 0.29) is 23.8 Å². The summed E-state index contributed by atoms with van der Waals surface area (Å²) in [5.74, 6) is -0.741. The molecule has 2 aromatic carbocycles. The molecule has 0 saturated carbocycles. The Bertz CT molecular complexity index is 1040. The number of ether oxygens (including phenoxy) is 1. The van der Waals surface area contributed by atoms with Crippen LogP contribution in [0.1, 0.15) is 38.2 Å². The first-order valence-corrected chi connectivity index (χ1v) is 11.6. The molecule has 0 aromatic heterocycles. The molecule has 1 atom stereocenters. The summed E-state index contributed by atoms with van der Waals surface area (Å²) in [6, 6.07) is 13.8. The molecule has 0 aliphatic carbocycles. The number of amides is 2. The molecule has 2 heterocycles. The Morgan fingerprint density at radius 3 is 2.79 bits per heavy atom. The number of nitrogens with zero attached hydrogens (tertiary/aromatic N) is 2. The molecule has 0 radical (unpaired) electrons. The monoisotopic (exact) mass is 451 g/mol. The number of halogens is 1. The van der Waals surface area contributed by atoms with Crippen LogP contribution in [-0.4, -0.2) is 48.9 Å². The van der Waals surface area contributed by atoms with Crippen molar-refractivity contribution in [2.24, 2.45) is 0 Å². The third-order valence-electron chi connectivity index (χ3n) is 6.27. The summed E-state index contributed by atoms with van der Waals surface area (Å²) in [4.78, 5) is 29.7. The summed E-state index contributed by atoms with van der Waals surface area (Å²) < 4.78 is 19.9. The van der Waals surface area contributed by atoms with Gasteiger partial charge in [-0.2, -0.15) is 0 Å². The number of para-hydroxylation sites is 2. The molecule has 7 heteroatoms. The highest BCUT2D eigenvalue weighted by atomic mass is 19.1. The number of fused-ring (bicyclic) bond motifs is 1. The lowest BCUT2D eigenvalue weighted by Crippen LogP contribution is -2.47. The molecule has 33 heavy (non-hydrogen) atoms. The van der Waals surface area contributed by atoms with Crippen molar-refractivity contribution in [1.82, 2.24) is 10.2 Å². The van der Waals surface area contributed by atoms with Crippen LogP contribution in [-0.2, 0) is 9.59 Å². The summed E-state index contributed by atoms with van der Waals surface area (Å²) >= 11 is 0. The van der Waals surface area contributed by atoms with Crippen LogP contribution in [0.25, 0.3) is 6.08 Å². The second-order valence-corrected chi connectivity index (χ2v) is 8.43. The van der Waals surface area contributed by atoms with Gasteiger partial charge in [0.05, 0.1) is 5.69 Å². The van der Waals surface area contributed by atoms with Crippen LogP contribution in [0.2, 0.25) is 0 Å². The van der Waals surface area contributed by atoms with Gasteiger partial charge in [-0.1, -0.05) is 43.7 Å². The standard InChI is InChI=1S/C26H30FN3O3/c1-2-20-10-7-8-15-29(20)16-14-28-25(31)18-30-22-12-5-6-13-23(22)33-24(26(30)32)17-19-9-3-4-11-21(19)27/h3-6,9,11-13,17,20H,2,7-8,10,14-16,18H2,1H3,(H,28,31). The fourth-order valence-electron chi connectivity index (χ4n) is 4.51. The minimum Gasteiger partial charge on any atom is -0.449 e. The Kier molecular flexibility index (Phi) is 7.40. The Labute approximate surface area is 194 Å². The van der Waals surface area contributed by atoms with Crippen LogP contribution >= 0.6 is 0 Å². The van der Waals surface area contributed by atoms with Crippen molar-refractivity contribution in [3.05, 3.63) is 65.7 Å². The van der Waals surface area contributed by atoms with E-state index in [2.05, 4.69) is 17.1 Å². The maximum atomic E-state index is 14.1. The molecule has 2 aromatic rings. The molecule has 174 valence electrons. The summed E-state index contributed by atoms with van der Waals surface area (Å²) in [5, 5.41) is 2.95. The van der Waals surface area contributed by atoms with Gasteiger partial charge in [-0.25, -0.2) is 4.39 Å². The zero-order chi connectivity index (χ0) is 23.2. The molecule has 2 amide bonds. The molecule has 2 aliphatic rings. The molecule has 1 unspecified atom stereocenters. The summed E-state index contributed by atoms with van der Waals surface area (Å²) in [6.45, 7) is 4.47. The van der Waals surface area contributed by atoms with E-state index in [1.807, 2.05) is 0 Å². The van der Waals surface area contributed by atoms with Gasteiger partial charge in [0.2, 0.25) is 5.91 Å². The number of carbonyl (C=O) groups excluding carboxylic acids is 2. The van der Waals surface area contributed by atoms with Crippen LogP contribution in [0.3, 0.4) is 0 Å². The zero-order valence-corrected chi connectivity index (χ0v) is 18.9. The van der Waals surface area contributed by atoms with E-state index in [4.69, 9.17) is 4.74 Å². The van der Waals surface area contributed by atoms with Gasteiger partial charge in [0.25, 0.3) is 5.91 Å². The average molecular weight is 452 g/mol. The van der Waals surface area contributed by atoms with Gasteiger partial charge in [-0.05, 0) is 50.1 Å². The van der Waals surface area contributed by atoms with Gasteiger partial charge in [-0.15, -0.1) is 0 Å². The zero-order valence-electron chi connectivity index (χ0n) is 18.9. The number of nitrogens with one attached hydrogen (secondary N) is 1. The fraction of sp³-hybridized carbons (Fsp3) is 0.385. The van der Waals surface area contributed by atoms with E-state index in [0.717, 1.165) is 19.5 Å². The SMILES string of the molecule is CCC1CCCCN1CCNC(=O)CN1C(=O)C(=Cc2ccccc2F)Oc2ccccc21. The largest absolute Gasteiger partial charge is 0.449 e. The summed E-state index contributed by atoms with van der Waals surface area (Å²) in [5.41, 5.74) is 0.766. The van der Waals surface area contributed by atoms with Gasteiger partial charge in [0.15, 0.2) is 11.5 Å². The van der Waals surface area contributed by atoms with Crippen molar-refractivity contribution < 1.29 is 18.7 Å². The Morgan fingerprint density at radius 1 is 1.18 bits per heavy atom. The highest BCUT2D eigenvalue weighted by molar-refractivity contribution is 6.12. The van der Waals surface area contributed by atoms with Crippen LogP contribution in [0.5, 0.6) is 5.75 Å². The van der Waals surface area contributed by atoms with Crippen LogP contribution in [0.15, 0.2) is 54.3 Å². The van der Waals surface area contributed by atoms with Gasteiger partial charge in [-0.3, -0.25) is 19.4 Å². The molecule has 0 bridgehead atoms. The maximum Gasteiger partial charge on any atom is 0.294 e. The van der Waals surface area contributed by atoms with Crippen molar-refractivity contribution >= 4 is 23.6 Å². The van der Waals surface area contributed by atoms with Crippen molar-refractivity contribution in [2.45, 2.75) is 38.6 Å². The summed E-state index contributed by atoms with van der Waals surface area (Å²) in [7, 11) is 0. The molecule has 1 fully saturated rings. The van der Waals surface area contributed by atoms with E-state index >= 15 is 0 Å². The lowest BCUT2D eigenvalue weighted by atomic mass is 10.0. The first kappa shape index (κ1) is 23.0. The van der Waals surface area contributed by atoms with E-state index in [9.17, 15) is 14.0 Å². The molecular weight excluding hydrogens is 421 g/mol. The van der Waals surface area contributed by atoms with Crippen LogP contribution in [0, 0.1) is 5.82 Å². The predicted octanol–water partition coefficient (Wildman–Crippen LogP) is 3.97. The van der Waals surface area contributed by atoms with Crippen LogP contribution < -0.4 is 15.0 Å². The Balaban J connectivity index is 1.45. The molecule has 1 saturated heterocycles. The highest BCUT2D eigenvalue weighted by Crippen LogP contribution is 2.35. The minimum absolute atomic E-state index is 0.0225. The molecule has 4 rings (SSSR count). The third kappa shape index (κ3) is 5.42. The van der Waals surface area contributed by atoms with Gasteiger partial charge < -0.3 is 10.1 Å². The number of benzene rings is 2. The number of likely N-dealkylation sites (tertiary alicyclic amines) is 1. The first-order valence-electron chi connectivity index (χ1n) is 11.6. The number of anilines is 1. The van der Waals surface area contributed by atoms with Gasteiger partial charge in [0.1, 0.15) is 12.4 Å². The molecule has 1 N–H and O–H groups in total. The fourth-order valence-corrected chi connectivity index (χ4v) is 4.51. The van der Waals surface area contributed by atoms with E-state index in [1.54, 1.807) is 42.5 Å². The lowest BCUT2D eigenvalue weighted by molar-refractivity contribution is -0.123. The second-order valence-electron chi connectivity index (χ2n) is 8.43. The Hall–Kier alpha value is -3.19. The maximum absolute atomic E-state index is 14.1. The van der Waals surface area contributed by atoms with E-state index in [0.29, 0.717) is 24.0 Å². The molecular formula is C26H30FN3O3. The second kappa shape index (κ2) is 10.6. The molecule has 6 nitrogen and oxygen atoms in total. The number of piperidine rings is 1. The average Bonchev–Trinajstić information content (AvgIpc) is 2.83. The minimum atomic E-state index is -0.478. The predicted molar refractivity (Wildman–Crippen MR) is 126 cm³/mol. The van der Waals surface area contributed by atoms with E-state index < -0.39 is 11.7 Å². The van der Waals surface area contributed by atoms with Crippen molar-refractivity contribution in [3.63, 3.8) is 0 Å². The number of hydrogen-bond donors (Lipinski definition) is 1. The lowest BCUT2D eigenvalue weighted by Gasteiger charge is -2.35. The van der Waals surface area contributed by atoms with E-state index in [1.165, 1.54) is 36.3 Å². The van der Waals surface area contributed by atoms with Crippen molar-refractivity contribution in [1.29, 1.82) is 0 Å². The highest BCUT2D eigenvalue weighted by Gasteiger charge is 2.31. The molecule has 0 spiro atoms. The third-order valence-corrected chi connectivity index (χ3v) is 6.27.